The Morgan fingerprint density at radius 3 is 2.86 bits per heavy atom. The molecule has 3 nitrogen and oxygen atoms in total. The molecule has 1 saturated heterocycles. The number of anilines is 1. The number of rotatable bonds is 3. The second-order valence-electron chi connectivity index (χ2n) is 5.01. The van der Waals surface area contributed by atoms with Crippen molar-refractivity contribution in [2.75, 3.05) is 23.4 Å². The van der Waals surface area contributed by atoms with Crippen molar-refractivity contribution in [3.05, 3.63) is 29.6 Å². The summed E-state index contributed by atoms with van der Waals surface area (Å²) in [7, 11) is 0. The van der Waals surface area contributed by atoms with Gasteiger partial charge in [-0.15, -0.1) is 0 Å². The molecule has 5 heteroatoms. The van der Waals surface area contributed by atoms with Crippen LogP contribution in [0.4, 0.5) is 10.1 Å². The van der Waals surface area contributed by atoms with Crippen molar-refractivity contribution >= 4 is 23.4 Å². The number of halogens is 1. The molecule has 0 unspecified atom stereocenters. The lowest BCUT2D eigenvalue weighted by molar-refractivity contribution is -0.117. The van der Waals surface area contributed by atoms with Crippen molar-refractivity contribution in [2.24, 2.45) is 11.7 Å². The van der Waals surface area contributed by atoms with E-state index in [-0.39, 0.29) is 12.5 Å². The first-order valence-electron chi connectivity index (χ1n) is 7.05. The van der Waals surface area contributed by atoms with Crippen LogP contribution < -0.4 is 11.1 Å². The van der Waals surface area contributed by atoms with Crippen LogP contribution in [0.15, 0.2) is 18.2 Å². The standard InChI is InChI=1S/C16H19FN2OS/c17-15-11-14(4-3-13(15)2-1-7-18)19-16(20)10-12-5-8-21-9-6-12/h3-4,11-12H,5-10,18H2,(H,19,20). The molecule has 2 rings (SSSR count). The van der Waals surface area contributed by atoms with E-state index in [0.29, 0.717) is 23.6 Å². The van der Waals surface area contributed by atoms with Gasteiger partial charge in [0.1, 0.15) is 5.82 Å². The highest BCUT2D eigenvalue weighted by Gasteiger charge is 2.17. The molecule has 0 aromatic heterocycles. The summed E-state index contributed by atoms with van der Waals surface area (Å²) in [5.74, 6) is 7.47. The molecule has 0 atom stereocenters. The second kappa shape index (κ2) is 8.06. The monoisotopic (exact) mass is 306 g/mol. The quantitative estimate of drug-likeness (QED) is 0.844. The van der Waals surface area contributed by atoms with Crippen molar-refractivity contribution in [1.82, 2.24) is 0 Å². The third-order valence-corrected chi connectivity index (χ3v) is 4.44. The summed E-state index contributed by atoms with van der Waals surface area (Å²) >= 11 is 1.94. The van der Waals surface area contributed by atoms with E-state index < -0.39 is 5.82 Å². The van der Waals surface area contributed by atoms with E-state index in [1.807, 2.05) is 11.8 Å². The predicted octanol–water partition coefficient (Wildman–Crippen LogP) is 2.61. The van der Waals surface area contributed by atoms with Gasteiger partial charge in [0.25, 0.3) is 0 Å². The Morgan fingerprint density at radius 1 is 1.43 bits per heavy atom. The highest BCUT2D eigenvalue weighted by molar-refractivity contribution is 7.99. The molecule has 1 aliphatic rings. The molecule has 3 N–H and O–H groups in total. The summed E-state index contributed by atoms with van der Waals surface area (Å²) in [4.78, 5) is 12.0. The Labute approximate surface area is 128 Å². The van der Waals surface area contributed by atoms with Gasteiger partial charge in [-0.25, -0.2) is 4.39 Å². The third-order valence-electron chi connectivity index (χ3n) is 3.39. The maximum Gasteiger partial charge on any atom is 0.224 e. The first-order valence-corrected chi connectivity index (χ1v) is 8.20. The van der Waals surface area contributed by atoms with E-state index in [2.05, 4.69) is 17.2 Å². The van der Waals surface area contributed by atoms with Gasteiger partial charge in [0.05, 0.1) is 12.1 Å². The zero-order valence-electron chi connectivity index (χ0n) is 11.8. The number of amides is 1. The number of carbonyl (C=O) groups excluding carboxylic acids is 1. The zero-order chi connectivity index (χ0) is 15.1. The van der Waals surface area contributed by atoms with Crippen LogP contribution >= 0.6 is 11.8 Å². The van der Waals surface area contributed by atoms with Gasteiger partial charge in [-0.1, -0.05) is 11.8 Å². The van der Waals surface area contributed by atoms with Gasteiger partial charge in [-0.05, 0) is 48.5 Å². The molecule has 0 spiro atoms. The molecule has 0 saturated carbocycles. The number of nitrogens with two attached hydrogens (primary N) is 1. The minimum atomic E-state index is -0.442. The Morgan fingerprint density at radius 2 is 2.19 bits per heavy atom. The van der Waals surface area contributed by atoms with Crippen LogP contribution in [0.1, 0.15) is 24.8 Å². The first kappa shape index (κ1) is 15.9. The normalized spacial score (nSPS) is 15.1. The molecule has 0 bridgehead atoms. The number of carbonyl (C=O) groups is 1. The lowest BCUT2D eigenvalue weighted by Gasteiger charge is -2.20. The Bertz CT molecular complexity index is 559. The SMILES string of the molecule is NCC#Cc1ccc(NC(=O)CC2CCSCC2)cc1F. The van der Waals surface area contributed by atoms with Gasteiger partial charge >= 0.3 is 0 Å². The Hall–Kier alpha value is -1.51. The maximum atomic E-state index is 13.8. The molecular weight excluding hydrogens is 287 g/mol. The summed E-state index contributed by atoms with van der Waals surface area (Å²) in [6.07, 6.45) is 2.68. The van der Waals surface area contributed by atoms with E-state index >= 15 is 0 Å². The van der Waals surface area contributed by atoms with Crippen LogP contribution in [0.2, 0.25) is 0 Å². The topological polar surface area (TPSA) is 55.1 Å². The lowest BCUT2D eigenvalue weighted by Crippen LogP contribution is -2.19. The molecule has 1 aromatic carbocycles. The van der Waals surface area contributed by atoms with Crippen LogP contribution in [0.25, 0.3) is 0 Å². The summed E-state index contributed by atoms with van der Waals surface area (Å²) in [5.41, 5.74) is 6.02. The smallest absolute Gasteiger partial charge is 0.224 e. The zero-order valence-corrected chi connectivity index (χ0v) is 12.6. The Balaban J connectivity index is 1.92. The van der Waals surface area contributed by atoms with Crippen molar-refractivity contribution in [3.63, 3.8) is 0 Å². The average Bonchev–Trinajstić information content (AvgIpc) is 2.47. The molecule has 1 heterocycles. The van der Waals surface area contributed by atoms with Gasteiger partial charge < -0.3 is 11.1 Å². The molecule has 1 fully saturated rings. The van der Waals surface area contributed by atoms with E-state index in [0.717, 1.165) is 24.3 Å². The van der Waals surface area contributed by atoms with Crippen LogP contribution in [-0.4, -0.2) is 24.0 Å². The van der Waals surface area contributed by atoms with Crippen molar-refractivity contribution in [1.29, 1.82) is 0 Å². The van der Waals surface area contributed by atoms with Gasteiger partial charge in [-0.3, -0.25) is 4.79 Å². The van der Waals surface area contributed by atoms with Crippen LogP contribution in [0.5, 0.6) is 0 Å². The number of benzene rings is 1. The second-order valence-corrected chi connectivity index (χ2v) is 6.23. The molecule has 1 aromatic rings. The molecule has 0 aliphatic carbocycles. The summed E-state index contributed by atoms with van der Waals surface area (Å²) in [6, 6.07) is 4.53. The molecule has 21 heavy (non-hydrogen) atoms. The fraction of sp³-hybridized carbons (Fsp3) is 0.438. The number of nitrogens with one attached hydrogen (secondary N) is 1. The fourth-order valence-electron chi connectivity index (χ4n) is 2.27. The minimum Gasteiger partial charge on any atom is -0.326 e. The van der Waals surface area contributed by atoms with E-state index in [1.165, 1.54) is 6.07 Å². The maximum absolute atomic E-state index is 13.8. The molecule has 1 amide bonds. The molecule has 0 radical (unpaired) electrons. The predicted molar refractivity (Wildman–Crippen MR) is 85.6 cm³/mol. The fourth-order valence-corrected chi connectivity index (χ4v) is 3.47. The first-order chi connectivity index (χ1) is 10.2. The number of hydrogen-bond donors (Lipinski definition) is 2. The molecule has 1 aliphatic heterocycles. The van der Waals surface area contributed by atoms with E-state index in [9.17, 15) is 9.18 Å². The molecule has 112 valence electrons. The largest absolute Gasteiger partial charge is 0.326 e. The third kappa shape index (κ3) is 5.07. The lowest BCUT2D eigenvalue weighted by atomic mass is 9.98. The summed E-state index contributed by atoms with van der Waals surface area (Å²) < 4.78 is 13.8. The minimum absolute atomic E-state index is 0.0490. The highest BCUT2D eigenvalue weighted by Crippen LogP contribution is 2.25. The highest BCUT2D eigenvalue weighted by atomic mass is 32.2. The van der Waals surface area contributed by atoms with Gasteiger partial charge in [-0.2, -0.15) is 11.8 Å². The number of thioether (sulfide) groups is 1. The van der Waals surface area contributed by atoms with Gasteiger partial charge in [0.15, 0.2) is 0 Å². The van der Waals surface area contributed by atoms with E-state index in [1.54, 1.807) is 12.1 Å². The van der Waals surface area contributed by atoms with Crippen molar-refractivity contribution < 1.29 is 9.18 Å². The number of hydrogen-bond acceptors (Lipinski definition) is 3. The van der Waals surface area contributed by atoms with Gasteiger partial charge in [0.2, 0.25) is 5.91 Å². The van der Waals surface area contributed by atoms with Crippen LogP contribution in [0, 0.1) is 23.6 Å². The van der Waals surface area contributed by atoms with Crippen LogP contribution in [0.3, 0.4) is 0 Å². The van der Waals surface area contributed by atoms with Crippen molar-refractivity contribution in [3.8, 4) is 11.8 Å². The Kier molecular flexibility index (Phi) is 6.09. The summed E-state index contributed by atoms with van der Waals surface area (Å²) in [6.45, 7) is 0.192. The van der Waals surface area contributed by atoms with Crippen LogP contribution in [-0.2, 0) is 4.79 Å². The van der Waals surface area contributed by atoms with Gasteiger partial charge in [0, 0.05) is 12.1 Å². The van der Waals surface area contributed by atoms with Crippen molar-refractivity contribution in [2.45, 2.75) is 19.3 Å². The van der Waals surface area contributed by atoms with E-state index in [4.69, 9.17) is 5.73 Å². The molecular formula is C16H19FN2OS. The average molecular weight is 306 g/mol. The summed E-state index contributed by atoms with van der Waals surface area (Å²) in [5, 5.41) is 2.75.